The first-order valence-corrected chi connectivity index (χ1v) is 8.02. The first kappa shape index (κ1) is 13.6. The van der Waals surface area contributed by atoms with E-state index in [0.717, 1.165) is 40.5 Å². The Labute approximate surface area is 127 Å². The second kappa shape index (κ2) is 5.54. The zero-order valence-corrected chi connectivity index (χ0v) is 13.1. The molecule has 2 heterocycles. The van der Waals surface area contributed by atoms with Crippen LogP contribution in [0.15, 0.2) is 23.6 Å². The van der Waals surface area contributed by atoms with Crippen molar-refractivity contribution < 1.29 is 0 Å². The summed E-state index contributed by atoms with van der Waals surface area (Å²) in [7, 11) is 0. The maximum Gasteiger partial charge on any atom is 0.111 e. The smallest absolute Gasteiger partial charge is 0.111 e. The molecule has 1 aromatic carbocycles. The fourth-order valence-electron chi connectivity index (χ4n) is 2.43. The SMILES string of the molecule is Cc1nc(Cn2c(CCCl)nc3c(C)cccc32)cs1. The van der Waals surface area contributed by atoms with Crippen LogP contribution < -0.4 is 0 Å². The minimum absolute atomic E-state index is 0.582. The number of thiazole rings is 1. The van der Waals surface area contributed by atoms with Crippen LogP contribution in [0.1, 0.15) is 22.1 Å². The van der Waals surface area contributed by atoms with E-state index < -0.39 is 0 Å². The van der Waals surface area contributed by atoms with Crippen LogP contribution >= 0.6 is 22.9 Å². The Hall–Kier alpha value is -1.39. The number of imidazole rings is 1. The third kappa shape index (κ3) is 2.45. The Kier molecular flexibility index (Phi) is 3.76. The number of fused-ring (bicyclic) bond motifs is 1. The number of para-hydroxylation sites is 1. The van der Waals surface area contributed by atoms with Gasteiger partial charge in [0.25, 0.3) is 0 Å². The molecule has 0 saturated heterocycles. The number of benzene rings is 1. The van der Waals surface area contributed by atoms with E-state index in [1.807, 2.05) is 6.92 Å². The topological polar surface area (TPSA) is 30.7 Å². The minimum atomic E-state index is 0.582. The molecule has 0 bridgehead atoms. The van der Waals surface area contributed by atoms with Gasteiger partial charge in [-0.15, -0.1) is 22.9 Å². The molecule has 0 radical (unpaired) electrons. The molecule has 3 aromatic rings. The van der Waals surface area contributed by atoms with Gasteiger partial charge in [-0.3, -0.25) is 0 Å². The van der Waals surface area contributed by atoms with E-state index in [2.05, 4.69) is 40.1 Å². The van der Waals surface area contributed by atoms with Gasteiger partial charge in [0.15, 0.2) is 0 Å². The molecule has 0 N–H and O–H groups in total. The third-order valence-corrected chi connectivity index (χ3v) is 4.38. The van der Waals surface area contributed by atoms with Crippen molar-refractivity contribution in [1.82, 2.24) is 14.5 Å². The standard InChI is InChI=1S/C15H16ClN3S/c1-10-4-3-5-13-15(10)18-14(6-7-16)19(13)8-12-9-20-11(2)17-12/h3-5,9H,6-8H2,1-2H3. The van der Waals surface area contributed by atoms with Gasteiger partial charge in [-0.05, 0) is 25.5 Å². The number of hydrogen-bond acceptors (Lipinski definition) is 3. The first-order valence-electron chi connectivity index (χ1n) is 6.60. The quantitative estimate of drug-likeness (QED) is 0.684. The highest BCUT2D eigenvalue weighted by Gasteiger charge is 2.13. The fraction of sp³-hybridized carbons (Fsp3) is 0.333. The predicted octanol–water partition coefficient (Wildman–Crippen LogP) is 3.94. The highest BCUT2D eigenvalue weighted by molar-refractivity contribution is 7.09. The fourth-order valence-corrected chi connectivity index (χ4v) is 3.20. The molecule has 0 fully saturated rings. The van der Waals surface area contributed by atoms with Crippen LogP contribution in [0, 0.1) is 13.8 Å². The van der Waals surface area contributed by atoms with Crippen LogP contribution in [0.4, 0.5) is 0 Å². The molecule has 3 rings (SSSR count). The number of aryl methyl sites for hydroxylation is 3. The first-order chi connectivity index (χ1) is 9.69. The van der Waals surface area contributed by atoms with Gasteiger partial charge in [0.2, 0.25) is 0 Å². The van der Waals surface area contributed by atoms with Crippen LogP contribution in [0.3, 0.4) is 0 Å². The number of aromatic nitrogens is 3. The van der Waals surface area contributed by atoms with E-state index in [1.54, 1.807) is 11.3 Å². The van der Waals surface area contributed by atoms with Crippen LogP contribution in [0.2, 0.25) is 0 Å². The van der Waals surface area contributed by atoms with Crippen molar-refractivity contribution in [2.75, 3.05) is 5.88 Å². The summed E-state index contributed by atoms with van der Waals surface area (Å²) in [5.41, 5.74) is 4.52. The molecule has 104 valence electrons. The van der Waals surface area contributed by atoms with E-state index in [4.69, 9.17) is 16.6 Å². The molecule has 20 heavy (non-hydrogen) atoms. The molecule has 0 atom stereocenters. The summed E-state index contributed by atoms with van der Waals surface area (Å²) in [4.78, 5) is 9.31. The van der Waals surface area contributed by atoms with E-state index in [9.17, 15) is 0 Å². The Balaban J connectivity index is 2.11. The van der Waals surface area contributed by atoms with Gasteiger partial charge in [-0.1, -0.05) is 12.1 Å². The van der Waals surface area contributed by atoms with E-state index in [1.165, 1.54) is 5.56 Å². The molecule has 0 saturated carbocycles. The van der Waals surface area contributed by atoms with E-state index >= 15 is 0 Å². The maximum absolute atomic E-state index is 5.92. The molecule has 3 nitrogen and oxygen atoms in total. The van der Waals surface area contributed by atoms with Gasteiger partial charge in [-0.2, -0.15) is 0 Å². The maximum atomic E-state index is 5.92. The highest BCUT2D eigenvalue weighted by atomic mass is 35.5. The van der Waals surface area contributed by atoms with E-state index in [0.29, 0.717) is 5.88 Å². The normalized spacial score (nSPS) is 11.3. The summed E-state index contributed by atoms with van der Waals surface area (Å²) in [5.74, 6) is 1.62. The summed E-state index contributed by atoms with van der Waals surface area (Å²) >= 11 is 7.60. The van der Waals surface area contributed by atoms with Crippen molar-refractivity contribution >= 4 is 34.0 Å². The molecule has 2 aromatic heterocycles. The molecule has 0 spiro atoms. The summed E-state index contributed by atoms with van der Waals surface area (Å²) in [6.07, 6.45) is 0.777. The number of halogens is 1. The van der Waals surface area contributed by atoms with Gasteiger partial charge in [0.05, 0.1) is 28.3 Å². The number of rotatable bonds is 4. The highest BCUT2D eigenvalue weighted by Crippen LogP contribution is 2.22. The molecule has 0 unspecified atom stereocenters. The summed E-state index contributed by atoms with van der Waals surface area (Å²) in [6, 6.07) is 6.29. The molecular formula is C15H16ClN3S. The molecule has 0 aliphatic heterocycles. The van der Waals surface area contributed by atoms with Crippen molar-refractivity contribution in [1.29, 1.82) is 0 Å². The zero-order valence-electron chi connectivity index (χ0n) is 11.6. The zero-order chi connectivity index (χ0) is 14.1. The van der Waals surface area contributed by atoms with Crippen molar-refractivity contribution in [2.24, 2.45) is 0 Å². The van der Waals surface area contributed by atoms with Crippen molar-refractivity contribution in [2.45, 2.75) is 26.8 Å². The number of alkyl halides is 1. The van der Waals surface area contributed by atoms with Crippen LogP contribution in [-0.2, 0) is 13.0 Å². The molecule has 0 aliphatic carbocycles. The summed E-state index contributed by atoms with van der Waals surface area (Å²) in [6.45, 7) is 4.89. The van der Waals surface area contributed by atoms with Gasteiger partial charge in [-0.25, -0.2) is 9.97 Å². The van der Waals surface area contributed by atoms with Crippen molar-refractivity contribution in [3.05, 3.63) is 45.7 Å². The summed E-state index contributed by atoms with van der Waals surface area (Å²) < 4.78 is 2.24. The Morgan fingerprint density at radius 3 is 2.80 bits per heavy atom. The van der Waals surface area contributed by atoms with Gasteiger partial charge in [0.1, 0.15) is 5.82 Å². The molecule has 0 amide bonds. The van der Waals surface area contributed by atoms with Gasteiger partial charge >= 0.3 is 0 Å². The summed E-state index contributed by atoms with van der Waals surface area (Å²) in [5, 5.41) is 3.21. The number of nitrogens with zero attached hydrogens (tertiary/aromatic N) is 3. The monoisotopic (exact) mass is 305 g/mol. The third-order valence-electron chi connectivity index (χ3n) is 3.36. The van der Waals surface area contributed by atoms with Gasteiger partial charge in [0, 0.05) is 17.7 Å². The lowest BCUT2D eigenvalue weighted by molar-refractivity contribution is 0.740. The lowest BCUT2D eigenvalue weighted by atomic mass is 10.2. The lowest BCUT2D eigenvalue weighted by Crippen LogP contribution is -2.06. The van der Waals surface area contributed by atoms with Gasteiger partial charge < -0.3 is 4.57 Å². The Morgan fingerprint density at radius 1 is 1.25 bits per heavy atom. The molecular weight excluding hydrogens is 290 g/mol. The second-order valence-corrected chi connectivity index (χ2v) is 6.29. The molecule has 0 aliphatic rings. The Bertz CT molecular complexity index is 745. The van der Waals surface area contributed by atoms with Crippen molar-refractivity contribution in [3.63, 3.8) is 0 Å². The van der Waals surface area contributed by atoms with E-state index in [-0.39, 0.29) is 0 Å². The minimum Gasteiger partial charge on any atom is -0.322 e. The Morgan fingerprint density at radius 2 is 2.10 bits per heavy atom. The average molecular weight is 306 g/mol. The lowest BCUT2D eigenvalue weighted by Gasteiger charge is -2.06. The van der Waals surface area contributed by atoms with Crippen molar-refractivity contribution in [3.8, 4) is 0 Å². The van der Waals surface area contributed by atoms with Crippen LogP contribution in [0.5, 0.6) is 0 Å². The number of hydrogen-bond donors (Lipinski definition) is 0. The van der Waals surface area contributed by atoms with Crippen LogP contribution in [-0.4, -0.2) is 20.4 Å². The average Bonchev–Trinajstić information content (AvgIpc) is 2.97. The molecule has 5 heteroatoms. The second-order valence-electron chi connectivity index (χ2n) is 4.85. The largest absolute Gasteiger partial charge is 0.322 e. The predicted molar refractivity (Wildman–Crippen MR) is 84.8 cm³/mol. The van der Waals surface area contributed by atoms with Crippen LogP contribution in [0.25, 0.3) is 11.0 Å².